The lowest BCUT2D eigenvalue weighted by molar-refractivity contribution is -0.203. The fraction of sp³-hybridized carbons (Fsp3) is 0.750. The normalized spacial score (nSPS) is 26.8. The highest BCUT2D eigenvalue weighted by Gasteiger charge is 2.56. The van der Waals surface area contributed by atoms with E-state index in [9.17, 15) is 14.4 Å². The predicted octanol–water partition coefficient (Wildman–Crippen LogP) is 3.47. The molecule has 0 amide bonds. The average Bonchev–Trinajstić information content (AvgIpc) is 2.62. The second-order valence-corrected chi connectivity index (χ2v) is 7.46. The van der Waals surface area contributed by atoms with Gasteiger partial charge in [-0.2, -0.15) is 0 Å². The molecule has 0 radical (unpaired) electrons. The molecule has 2 atom stereocenters. The minimum absolute atomic E-state index is 0.181. The summed E-state index contributed by atoms with van der Waals surface area (Å²) in [5.74, 6) is -2.71. The largest absolute Gasteiger partial charge is 0.463 e. The lowest BCUT2D eigenvalue weighted by atomic mass is 9.74. The van der Waals surface area contributed by atoms with Gasteiger partial charge in [-0.25, -0.2) is 9.59 Å². The summed E-state index contributed by atoms with van der Waals surface area (Å²) in [6.07, 6.45) is 7.40. The Morgan fingerprint density at radius 3 is 2.31 bits per heavy atom. The van der Waals surface area contributed by atoms with Crippen molar-refractivity contribution < 1.29 is 28.6 Å². The first-order valence-electron chi connectivity index (χ1n) is 9.66. The number of ether oxygens (including phenoxy) is 3. The van der Waals surface area contributed by atoms with Crippen molar-refractivity contribution in [3.8, 4) is 0 Å². The van der Waals surface area contributed by atoms with E-state index < -0.39 is 29.4 Å². The fourth-order valence-corrected chi connectivity index (χ4v) is 3.83. The molecule has 0 spiro atoms. The van der Waals surface area contributed by atoms with Gasteiger partial charge in [0.05, 0.1) is 6.10 Å². The first-order chi connectivity index (χ1) is 12.4. The zero-order chi connectivity index (χ0) is 19.2. The van der Waals surface area contributed by atoms with Crippen molar-refractivity contribution in [2.75, 3.05) is 0 Å². The van der Waals surface area contributed by atoms with E-state index in [1.165, 1.54) is 0 Å². The van der Waals surface area contributed by atoms with Crippen LogP contribution in [-0.4, -0.2) is 35.7 Å². The van der Waals surface area contributed by atoms with Crippen molar-refractivity contribution in [3.63, 3.8) is 0 Å². The molecule has 2 rings (SSSR count). The van der Waals surface area contributed by atoms with Crippen LogP contribution in [0.2, 0.25) is 0 Å². The minimum Gasteiger partial charge on any atom is -0.463 e. The monoisotopic (exact) mass is 366 g/mol. The van der Waals surface area contributed by atoms with Crippen LogP contribution in [-0.2, 0) is 28.6 Å². The highest BCUT2D eigenvalue weighted by molar-refractivity contribution is 5.92. The van der Waals surface area contributed by atoms with Crippen molar-refractivity contribution in [3.05, 3.63) is 12.7 Å². The molecule has 0 aromatic rings. The van der Waals surface area contributed by atoms with E-state index in [-0.39, 0.29) is 18.6 Å². The topological polar surface area (TPSA) is 78.9 Å². The van der Waals surface area contributed by atoms with Crippen molar-refractivity contribution in [1.29, 1.82) is 0 Å². The Morgan fingerprint density at radius 1 is 1.04 bits per heavy atom. The van der Waals surface area contributed by atoms with Crippen LogP contribution in [0.25, 0.3) is 0 Å². The molecule has 146 valence electrons. The Labute approximate surface area is 155 Å². The second-order valence-electron chi connectivity index (χ2n) is 7.46. The third kappa shape index (κ3) is 4.86. The van der Waals surface area contributed by atoms with E-state index in [0.717, 1.165) is 44.6 Å². The maximum Gasteiger partial charge on any atom is 0.351 e. The lowest BCUT2D eigenvalue weighted by Crippen LogP contribution is -2.56. The summed E-state index contributed by atoms with van der Waals surface area (Å²) in [4.78, 5) is 37.7. The zero-order valence-electron chi connectivity index (χ0n) is 15.8. The Morgan fingerprint density at radius 2 is 1.69 bits per heavy atom. The molecule has 6 heteroatoms. The van der Waals surface area contributed by atoms with Crippen LogP contribution >= 0.6 is 0 Å². The molecule has 2 aliphatic carbocycles. The number of esters is 3. The van der Waals surface area contributed by atoms with Gasteiger partial charge in [-0.15, -0.1) is 0 Å². The summed E-state index contributed by atoms with van der Waals surface area (Å²) in [6.45, 7) is 6.90. The van der Waals surface area contributed by atoms with Gasteiger partial charge in [-0.3, -0.25) is 4.79 Å². The van der Waals surface area contributed by atoms with Gasteiger partial charge in [0.25, 0.3) is 0 Å². The van der Waals surface area contributed by atoms with E-state index >= 15 is 0 Å². The Bertz CT molecular complexity index is 534. The van der Waals surface area contributed by atoms with Crippen molar-refractivity contribution >= 4 is 17.9 Å². The number of hydrogen-bond acceptors (Lipinski definition) is 6. The van der Waals surface area contributed by atoms with Gasteiger partial charge < -0.3 is 14.2 Å². The molecule has 6 nitrogen and oxygen atoms in total. The van der Waals surface area contributed by atoms with Crippen LogP contribution in [0.15, 0.2) is 12.7 Å². The molecule has 2 saturated carbocycles. The SMILES string of the molecule is C=CC(=O)OC1(C(=O)OC2CCCCC2)CCCCC1C(=O)OC(C)C. The predicted molar refractivity (Wildman–Crippen MR) is 95.2 cm³/mol. The third-order valence-electron chi connectivity index (χ3n) is 5.11. The van der Waals surface area contributed by atoms with Gasteiger partial charge in [-0.05, 0) is 58.8 Å². The van der Waals surface area contributed by atoms with E-state index in [0.29, 0.717) is 12.8 Å². The van der Waals surface area contributed by atoms with Crippen molar-refractivity contribution in [1.82, 2.24) is 0 Å². The maximum atomic E-state index is 13.1. The summed E-state index contributed by atoms with van der Waals surface area (Å²) in [7, 11) is 0. The van der Waals surface area contributed by atoms with Crippen LogP contribution < -0.4 is 0 Å². The fourth-order valence-electron chi connectivity index (χ4n) is 3.83. The van der Waals surface area contributed by atoms with Crippen molar-refractivity contribution in [2.45, 2.75) is 89.4 Å². The van der Waals surface area contributed by atoms with E-state index in [1.54, 1.807) is 13.8 Å². The summed E-state index contributed by atoms with van der Waals surface area (Å²) >= 11 is 0. The summed E-state index contributed by atoms with van der Waals surface area (Å²) in [5.41, 5.74) is -1.62. The van der Waals surface area contributed by atoms with E-state index in [4.69, 9.17) is 14.2 Å². The average molecular weight is 366 g/mol. The summed E-state index contributed by atoms with van der Waals surface area (Å²) in [5, 5.41) is 0. The molecule has 0 N–H and O–H groups in total. The Kier molecular flexibility index (Phi) is 7.23. The molecule has 0 saturated heterocycles. The molecule has 2 fully saturated rings. The third-order valence-corrected chi connectivity index (χ3v) is 5.11. The van der Waals surface area contributed by atoms with E-state index in [1.807, 2.05) is 0 Å². The second kappa shape index (κ2) is 9.19. The van der Waals surface area contributed by atoms with Gasteiger partial charge in [0, 0.05) is 6.08 Å². The van der Waals surface area contributed by atoms with Crippen LogP contribution in [0, 0.1) is 5.92 Å². The highest BCUT2D eigenvalue weighted by atomic mass is 16.6. The number of carbonyl (C=O) groups excluding carboxylic acids is 3. The number of rotatable bonds is 6. The smallest absolute Gasteiger partial charge is 0.351 e. The van der Waals surface area contributed by atoms with Gasteiger partial charge in [0.15, 0.2) is 0 Å². The minimum atomic E-state index is -1.62. The maximum absolute atomic E-state index is 13.1. The van der Waals surface area contributed by atoms with Crippen molar-refractivity contribution in [2.24, 2.45) is 5.92 Å². The van der Waals surface area contributed by atoms with Crippen LogP contribution in [0.1, 0.15) is 71.6 Å². The van der Waals surface area contributed by atoms with Crippen LogP contribution in [0.3, 0.4) is 0 Å². The molecule has 0 aromatic carbocycles. The molecule has 2 aliphatic rings. The van der Waals surface area contributed by atoms with Crippen LogP contribution in [0.4, 0.5) is 0 Å². The van der Waals surface area contributed by atoms with E-state index in [2.05, 4.69) is 6.58 Å². The molecule has 26 heavy (non-hydrogen) atoms. The number of hydrogen-bond donors (Lipinski definition) is 0. The highest BCUT2D eigenvalue weighted by Crippen LogP contribution is 2.40. The van der Waals surface area contributed by atoms with Gasteiger partial charge >= 0.3 is 17.9 Å². The van der Waals surface area contributed by atoms with Gasteiger partial charge in [-0.1, -0.05) is 19.4 Å². The molecule has 0 aromatic heterocycles. The Balaban J connectivity index is 2.27. The quantitative estimate of drug-likeness (QED) is 0.407. The standard InChI is InChI=1S/C20H30O6/c1-4-17(21)26-20(19(23)25-15-10-6-5-7-11-15)13-9-8-12-16(20)18(22)24-14(2)3/h4,14-16H,1,5-13H2,2-3H3. The Hall–Kier alpha value is -1.85. The molecule has 0 aliphatic heterocycles. The zero-order valence-corrected chi connectivity index (χ0v) is 15.8. The first kappa shape index (κ1) is 20.5. The number of carbonyl (C=O) groups is 3. The molecule has 0 bridgehead atoms. The molecule has 2 unspecified atom stereocenters. The molecular formula is C20H30O6. The summed E-state index contributed by atoms with van der Waals surface area (Å²) in [6, 6.07) is 0. The molecule has 0 heterocycles. The van der Waals surface area contributed by atoms with Crippen LogP contribution in [0.5, 0.6) is 0 Å². The van der Waals surface area contributed by atoms with Gasteiger partial charge in [0.2, 0.25) is 5.60 Å². The first-order valence-corrected chi connectivity index (χ1v) is 9.66. The summed E-state index contributed by atoms with van der Waals surface area (Å²) < 4.78 is 16.6. The lowest BCUT2D eigenvalue weighted by Gasteiger charge is -2.40. The molecular weight excluding hydrogens is 336 g/mol. The van der Waals surface area contributed by atoms with Gasteiger partial charge in [0.1, 0.15) is 12.0 Å².